The number of hydrogen-bond donors (Lipinski definition) is 1. The molecule has 0 aliphatic carbocycles. The van der Waals surface area contributed by atoms with Gasteiger partial charge in [-0.15, -0.1) is 0 Å². The number of thioether (sulfide) groups is 1. The summed E-state index contributed by atoms with van der Waals surface area (Å²) >= 11 is 11.6. The Morgan fingerprint density at radius 3 is 2.86 bits per heavy atom. The largest absolute Gasteiger partial charge is 0.369 e. The third-order valence-electron chi connectivity index (χ3n) is 4.79. The van der Waals surface area contributed by atoms with E-state index < -0.39 is 0 Å². The molecule has 1 spiro atoms. The first-order valence-electron chi connectivity index (χ1n) is 7.00. The summed E-state index contributed by atoms with van der Waals surface area (Å²) in [6.07, 6.45) is 1.17. The molecule has 1 atom stereocenters. The second-order valence-corrected chi connectivity index (χ2v) is 8.69. The number of guanidine groups is 1. The van der Waals surface area contributed by atoms with Crippen LogP contribution in [0, 0.1) is 5.41 Å². The summed E-state index contributed by atoms with van der Waals surface area (Å²) in [5.41, 5.74) is 7.41. The molecule has 3 nitrogen and oxygen atoms in total. The summed E-state index contributed by atoms with van der Waals surface area (Å²) in [5, 5.41) is 0.708. The zero-order valence-corrected chi connectivity index (χ0v) is 15.4. The maximum Gasteiger partial charge on any atom is 0.196 e. The van der Waals surface area contributed by atoms with Crippen LogP contribution in [0.4, 0.5) is 5.69 Å². The van der Waals surface area contributed by atoms with Crippen LogP contribution in [-0.2, 0) is 0 Å². The van der Waals surface area contributed by atoms with Gasteiger partial charge >= 0.3 is 0 Å². The fourth-order valence-corrected chi connectivity index (χ4v) is 5.43. The van der Waals surface area contributed by atoms with Gasteiger partial charge in [-0.1, -0.05) is 25.4 Å². The molecule has 6 heteroatoms. The van der Waals surface area contributed by atoms with Crippen LogP contribution >= 0.6 is 39.3 Å². The minimum Gasteiger partial charge on any atom is -0.369 e. The number of nitrogens with zero attached hydrogens (tertiary/aromatic N) is 2. The van der Waals surface area contributed by atoms with E-state index in [9.17, 15) is 0 Å². The van der Waals surface area contributed by atoms with E-state index in [0.717, 1.165) is 22.5 Å². The average Bonchev–Trinajstić information content (AvgIpc) is 2.76. The molecule has 0 saturated carbocycles. The second-order valence-electron chi connectivity index (χ2n) is 6.33. The van der Waals surface area contributed by atoms with Crippen molar-refractivity contribution in [3.8, 4) is 0 Å². The third-order valence-corrected chi connectivity index (χ3v) is 7.18. The summed E-state index contributed by atoms with van der Waals surface area (Å²) in [6.45, 7) is 5.43. The van der Waals surface area contributed by atoms with Gasteiger partial charge in [0.25, 0.3) is 0 Å². The molecule has 1 unspecified atom stereocenters. The van der Waals surface area contributed by atoms with E-state index in [2.05, 4.69) is 39.7 Å². The predicted molar refractivity (Wildman–Crippen MR) is 96.6 cm³/mol. The van der Waals surface area contributed by atoms with Gasteiger partial charge < -0.3 is 10.6 Å². The summed E-state index contributed by atoms with van der Waals surface area (Å²) in [6, 6.07) is 5.97. The number of benzene rings is 1. The van der Waals surface area contributed by atoms with Gasteiger partial charge in [0.1, 0.15) is 0 Å². The first kappa shape index (κ1) is 15.5. The number of rotatable bonds is 1. The highest BCUT2D eigenvalue weighted by atomic mass is 79.9. The van der Waals surface area contributed by atoms with Gasteiger partial charge in [-0.25, -0.2) is 0 Å². The normalized spacial score (nSPS) is 28.0. The number of halogens is 2. The standard InChI is InChI=1S/C15H19BrClN3S/c1-14(2)5-6-21-9-15(14)8-19-13(18)20(15)10-3-4-12(17)11(16)7-10/h3-4,7H,5-6,8-9H2,1-2H3,(H2,18,19). The van der Waals surface area contributed by atoms with Crippen molar-refractivity contribution < 1.29 is 0 Å². The molecule has 0 amide bonds. The van der Waals surface area contributed by atoms with E-state index in [-0.39, 0.29) is 11.0 Å². The van der Waals surface area contributed by atoms with E-state index >= 15 is 0 Å². The lowest BCUT2D eigenvalue weighted by atomic mass is 9.70. The molecule has 2 aliphatic rings. The monoisotopic (exact) mass is 387 g/mol. The van der Waals surface area contributed by atoms with Crippen LogP contribution in [-0.4, -0.2) is 29.5 Å². The summed E-state index contributed by atoms with van der Waals surface area (Å²) in [4.78, 5) is 6.80. The van der Waals surface area contributed by atoms with Crippen LogP contribution in [0.2, 0.25) is 5.02 Å². The van der Waals surface area contributed by atoms with Crippen molar-refractivity contribution in [2.45, 2.75) is 25.8 Å². The Morgan fingerprint density at radius 2 is 2.19 bits per heavy atom. The average molecular weight is 389 g/mol. The lowest BCUT2D eigenvalue weighted by molar-refractivity contribution is 0.192. The summed E-state index contributed by atoms with van der Waals surface area (Å²) in [7, 11) is 0. The van der Waals surface area contributed by atoms with Gasteiger partial charge in [0, 0.05) is 15.9 Å². The number of hydrogen-bond acceptors (Lipinski definition) is 4. The minimum atomic E-state index is -0.0483. The Bertz CT molecular complexity index is 605. The fraction of sp³-hybridized carbons (Fsp3) is 0.533. The molecule has 1 fully saturated rings. The quantitative estimate of drug-likeness (QED) is 0.786. The Kier molecular flexibility index (Phi) is 3.95. The predicted octanol–water partition coefficient (Wildman–Crippen LogP) is 4.14. The van der Waals surface area contributed by atoms with Gasteiger partial charge in [0.05, 0.1) is 17.1 Å². The number of nitrogens with two attached hydrogens (primary N) is 1. The molecule has 21 heavy (non-hydrogen) atoms. The lowest BCUT2D eigenvalue weighted by Gasteiger charge is -2.52. The Hall–Kier alpha value is -0.390. The van der Waals surface area contributed by atoms with Crippen molar-refractivity contribution >= 4 is 50.9 Å². The van der Waals surface area contributed by atoms with Crippen molar-refractivity contribution in [1.29, 1.82) is 0 Å². The number of aliphatic imine (C=N–C) groups is 1. The molecule has 0 aromatic heterocycles. The molecular weight excluding hydrogens is 370 g/mol. The Morgan fingerprint density at radius 1 is 1.43 bits per heavy atom. The van der Waals surface area contributed by atoms with Crippen LogP contribution < -0.4 is 10.6 Å². The molecule has 0 radical (unpaired) electrons. The molecule has 1 saturated heterocycles. The van der Waals surface area contributed by atoms with Crippen LogP contribution in [0.1, 0.15) is 20.3 Å². The topological polar surface area (TPSA) is 41.6 Å². The number of anilines is 1. The Balaban J connectivity index is 2.08. The fourth-order valence-electron chi connectivity index (χ4n) is 3.20. The second kappa shape index (κ2) is 5.36. The van der Waals surface area contributed by atoms with E-state index in [4.69, 9.17) is 17.3 Å². The molecule has 1 aromatic rings. The maximum absolute atomic E-state index is 6.24. The van der Waals surface area contributed by atoms with Crippen LogP contribution in [0.5, 0.6) is 0 Å². The SMILES string of the molecule is CC1(C)CCSCC12CN=C(N)N2c1ccc(Cl)c(Br)c1. The minimum absolute atomic E-state index is 0.0483. The molecular formula is C15H19BrClN3S. The molecule has 114 valence electrons. The molecule has 1 aromatic carbocycles. The zero-order chi connectivity index (χ0) is 15.3. The van der Waals surface area contributed by atoms with Gasteiger partial charge in [-0.05, 0) is 51.7 Å². The molecule has 0 bridgehead atoms. The molecule has 2 aliphatic heterocycles. The van der Waals surface area contributed by atoms with Crippen molar-refractivity contribution in [3.05, 3.63) is 27.7 Å². The molecule has 3 rings (SSSR count). The van der Waals surface area contributed by atoms with Crippen LogP contribution in [0.25, 0.3) is 0 Å². The first-order chi connectivity index (χ1) is 9.87. The van der Waals surface area contributed by atoms with E-state index in [1.807, 2.05) is 30.0 Å². The van der Waals surface area contributed by atoms with Gasteiger partial charge in [-0.3, -0.25) is 4.99 Å². The van der Waals surface area contributed by atoms with Gasteiger partial charge in [0.2, 0.25) is 0 Å². The summed E-state index contributed by atoms with van der Waals surface area (Å²) < 4.78 is 0.887. The van der Waals surface area contributed by atoms with E-state index in [1.165, 1.54) is 12.2 Å². The van der Waals surface area contributed by atoms with Gasteiger partial charge in [0.15, 0.2) is 5.96 Å². The zero-order valence-electron chi connectivity index (χ0n) is 12.2. The van der Waals surface area contributed by atoms with Crippen molar-refractivity contribution in [3.63, 3.8) is 0 Å². The third kappa shape index (κ3) is 2.37. The van der Waals surface area contributed by atoms with Gasteiger partial charge in [-0.2, -0.15) is 11.8 Å². The van der Waals surface area contributed by atoms with Crippen LogP contribution in [0.15, 0.2) is 27.7 Å². The smallest absolute Gasteiger partial charge is 0.196 e. The highest BCUT2D eigenvalue weighted by Gasteiger charge is 2.54. The van der Waals surface area contributed by atoms with Crippen LogP contribution in [0.3, 0.4) is 0 Å². The lowest BCUT2D eigenvalue weighted by Crippen LogP contribution is -2.63. The van der Waals surface area contributed by atoms with Crippen molar-refractivity contribution in [1.82, 2.24) is 0 Å². The highest BCUT2D eigenvalue weighted by Crippen LogP contribution is 2.49. The van der Waals surface area contributed by atoms with E-state index in [0.29, 0.717) is 11.0 Å². The Labute approximate surface area is 143 Å². The highest BCUT2D eigenvalue weighted by molar-refractivity contribution is 9.10. The first-order valence-corrected chi connectivity index (χ1v) is 9.33. The maximum atomic E-state index is 6.24. The molecule has 2 heterocycles. The molecule has 2 N–H and O–H groups in total. The summed E-state index contributed by atoms with van der Waals surface area (Å²) in [5.74, 6) is 2.86. The van der Waals surface area contributed by atoms with Crippen molar-refractivity contribution in [2.75, 3.05) is 23.0 Å². The van der Waals surface area contributed by atoms with E-state index in [1.54, 1.807) is 0 Å². The van der Waals surface area contributed by atoms with Crippen molar-refractivity contribution in [2.24, 2.45) is 16.1 Å².